The highest BCUT2D eigenvalue weighted by molar-refractivity contribution is 5.13. The third-order valence-electron chi connectivity index (χ3n) is 2.25. The molecule has 0 unspecified atom stereocenters. The Morgan fingerprint density at radius 1 is 1.00 bits per heavy atom. The largest absolute Gasteiger partial charge is 0.396 e. The number of hydrogen-bond donors (Lipinski definition) is 4. The van der Waals surface area contributed by atoms with Gasteiger partial charge >= 0.3 is 0 Å². The van der Waals surface area contributed by atoms with Crippen LogP contribution in [-0.2, 0) is 11.3 Å². The van der Waals surface area contributed by atoms with Crippen molar-refractivity contribution in [2.45, 2.75) is 39.4 Å². The Morgan fingerprint density at radius 2 is 1.57 bits per heavy atom. The van der Waals surface area contributed by atoms with Gasteiger partial charge < -0.3 is 25.2 Å². The number of aliphatic hydroxyl groups excluding tert-OH is 4. The van der Waals surface area contributed by atoms with Crippen LogP contribution in [0.15, 0.2) is 30.3 Å². The van der Waals surface area contributed by atoms with E-state index in [9.17, 15) is 0 Å². The SMILES string of the molecule is CCCCO.CCOCc1ccccc1.OCC(O)CO. The number of unbranched alkanes of at least 4 members (excludes halogenated alkanes) is 1. The second-order valence-corrected chi connectivity index (χ2v) is 4.22. The molecule has 0 heterocycles. The minimum absolute atomic E-state index is 0.344. The lowest BCUT2D eigenvalue weighted by molar-refractivity contribution is 0.0450. The third-order valence-corrected chi connectivity index (χ3v) is 2.25. The molecular weight excluding hydrogens is 272 g/mol. The standard InChI is InChI=1S/C9H12O.C4H10O.C3H8O3/c1-2-10-8-9-6-4-3-5-7-9;1-2-3-4-5;4-1-3(6)2-5/h3-7H,2,8H2,1H3;5H,2-4H2,1H3;3-6H,1-2H2. The zero-order chi connectivity index (χ0) is 16.3. The van der Waals surface area contributed by atoms with Crippen molar-refractivity contribution in [3.05, 3.63) is 35.9 Å². The van der Waals surface area contributed by atoms with Crippen molar-refractivity contribution in [3.63, 3.8) is 0 Å². The van der Waals surface area contributed by atoms with Crippen LogP contribution in [0.4, 0.5) is 0 Å². The highest BCUT2D eigenvalue weighted by Crippen LogP contribution is 1.99. The van der Waals surface area contributed by atoms with Gasteiger partial charge in [0.05, 0.1) is 19.8 Å². The fourth-order valence-corrected chi connectivity index (χ4v) is 1.01. The van der Waals surface area contributed by atoms with Gasteiger partial charge in [0.15, 0.2) is 0 Å². The van der Waals surface area contributed by atoms with Gasteiger partial charge in [-0.15, -0.1) is 0 Å². The molecule has 0 amide bonds. The highest BCUT2D eigenvalue weighted by Gasteiger charge is 1.93. The fourth-order valence-electron chi connectivity index (χ4n) is 1.01. The van der Waals surface area contributed by atoms with Crippen LogP contribution >= 0.6 is 0 Å². The van der Waals surface area contributed by atoms with Gasteiger partial charge in [-0.2, -0.15) is 0 Å². The van der Waals surface area contributed by atoms with Crippen LogP contribution in [0.3, 0.4) is 0 Å². The number of hydrogen-bond acceptors (Lipinski definition) is 5. The zero-order valence-corrected chi connectivity index (χ0v) is 13.1. The second kappa shape index (κ2) is 19.0. The van der Waals surface area contributed by atoms with Crippen molar-refractivity contribution < 1.29 is 25.2 Å². The van der Waals surface area contributed by atoms with E-state index in [-0.39, 0.29) is 13.2 Å². The highest BCUT2D eigenvalue weighted by atomic mass is 16.5. The first-order valence-corrected chi connectivity index (χ1v) is 7.28. The Kier molecular flexibility index (Phi) is 20.2. The number of ether oxygens (including phenoxy) is 1. The van der Waals surface area contributed by atoms with E-state index in [2.05, 4.69) is 19.1 Å². The van der Waals surface area contributed by atoms with Crippen LogP contribution < -0.4 is 0 Å². The van der Waals surface area contributed by atoms with Crippen molar-refractivity contribution in [1.29, 1.82) is 0 Å². The molecule has 5 nitrogen and oxygen atoms in total. The summed E-state index contributed by atoms with van der Waals surface area (Å²) in [6.07, 6.45) is 1.08. The smallest absolute Gasteiger partial charge is 0.100 e. The Labute approximate surface area is 127 Å². The Hall–Kier alpha value is -0.980. The van der Waals surface area contributed by atoms with Gasteiger partial charge in [-0.1, -0.05) is 43.7 Å². The molecule has 0 saturated carbocycles. The van der Waals surface area contributed by atoms with Crippen molar-refractivity contribution in [1.82, 2.24) is 0 Å². The summed E-state index contributed by atoms with van der Waals surface area (Å²) in [6.45, 7) is 5.19. The van der Waals surface area contributed by atoms with Crippen molar-refractivity contribution in [2.75, 3.05) is 26.4 Å². The molecule has 0 aliphatic rings. The summed E-state index contributed by atoms with van der Waals surface area (Å²) in [4.78, 5) is 0. The predicted molar refractivity (Wildman–Crippen MR) is 83.9 cm³/mol. The normalized spacial score (nSPS) is 9.48. The summed E-state index contributed by atoms with van der Waals surface area (Å²) in [5, 5.41) is 32.1. The van der Waals surface area contributed by atoms with Crippen LogP contribution in [0, 0.1) is 0 Å². The van der Waals surface area contributed by atoms with Crippen LogP contribution in [0.25, 0.3) is 0 Å². The molecule has 0 radical (unpaired) electrons. The minimum Gasteiger partial charge on any atom is -0.396 e. The molecule has 0 bridgehead atoms. The maximum absolute atomic E-state index is 8.17. The maximum atomic E-state index is 8.17. The first kappa shape index (κ1) is 22.3. The van der Waals surface area contributed by atoms with Gasteiger partial charge in [0.1, 0.15) is 6.10 Å². The molecular formula is C16H30O5. The number of rotatable bonds is 7. The molecule has 124 valence electrons. The molecule has 0 aliphatic carbocycles. The van der Waals surface area contributed by atoms with Crippen LogP contribution in [0.1, 0.15) is 32.3 Å². The molecule has 5 heteroatoms. The molecule has 1 rings (SSSR count). The van der Waals surface area contributed by atoms with Crippen LogP contribution in [0.5, 0.6) is 0 Å². The first-order valence-electron chi connectivity index (χ1n) is 7.28. The van der Waals surface area contributed by atoms with E-state index in [0.717, 1.165) is 26.1 Å². The molecule has 0 aliphatic heterocycles. The van der Waals surface area contributed by atoms with Gasteiger partial charge in [-0.25, -0.2) is 0 Å². The van der Waals surface area contributed by atoms with E-state index in [1.807, 2.05) is 25.1 Å². The summed E-state index contributed by atoms with van der Waals surface area (Å²) in [5.41, 5.74) is 1.24. The molecule has 0 aromatic heterocycles. The minimum atomic E-state index is -0.954. The molecule has 21 heavy (non-hydrogen) atoms. The number of benzene rings is 1. The van der Waals surface area contributed by atoms with Gasteiger partial charge in [0.25, 0.3) is 0 Å². The average Bonchev–Trinajstić information content (AvgIpc) is 2.55. The van der Waals surface area contributed by atoms with E-state index in [0.29, 0.717) is 6.61 Å². The van der Waals surface area contributed by atoms with E-state index >= 15 is 0 Å². The molecule has 1 aromatic rings. The quantitative estimate of drug-likeness (QED) is 0.610. The molecule has 0 fully saturated rings. The topological polar surface area (TPSA) is 90.2 Å². The van der Waals surface area contributed by atoms with Gasteiger partial charge in [0.2, 0.25) is 0 Å². The first-order chi connectivity index (χ1) is 10.2. The Morgan fingerprint density at radius 3 is 1.86 bits per heavy atom. The number of aliphatic hydroxyl groups is 4. The van der Waals surface area contributed by atoms with E-state index in [4.69, 9.17) is 25.2 Å². The molecule has 0 atom stereocenters. The molecule has 1 aromatic carbocycles. The third kappa shape index (κ3) is 19.0. The fraction of sp³-hybridized carbons (Fsp3) is 0.625. The van der Waals surface area contributed by atoms with Crippen molar-refractivity contribution in [3.8, 4) is 0 Å². The predicted octanol–water partition coefficient (Wildman–Crippen LogP) is 1.33. The summed E-state index contributed by atoms with van der Waals surface area (Å²) in [5.74, 6) is 0. The van der Waals surface area contributed by atoms with E-state index in [1.54, 1.807) is 0 Å². The van der Waals surface area contributed by atoms with Gasteiger partial charge in [-0.05, 0) is 18.9 Å². The lowest BCUT2D eigenvalue weighted by atomic mass is 10.2. The van der Waals surface area contributed by atoms with Crippen LogP contribution in [0.2, 0.25) is 0 Å². The Bertz CT molecular complexity index is 273. The van der Waals surface area contributed by atoms with Crippen molar-refractivity contribution >= 4 is 0 Å². The van der Waals surface area contributed by atoms with Gasteiger partial charge in [0, 0.05) is 13.2 Å². The lowest BCUT2D eigenvalue weighted by Crippen LogP contribution is -2.15. The van der Waals surface area contributed by atoms with Crippen molar-refractivity contribution in [2.24, 2.45) is 0 Å². The lowest BCUT2D eigenvalue weighted by Gasteiger charge is -1.98. The molecule has 4 N–H and O–H groups in total. The molecule has 0 saturated heterocycles. The van der Waals surface area contributed by atoms with E-state index in [1.165, 1.54) is 5.56 Å². The molecule has 0 spiro atoms. The van der Waals surface area contributed by atoms with Crippen LogP contribution in [-0.4, -0.2) is 53.0 Å². The van der Waals surface area contributed by atoms with Gasteiger partial charge in [-0.3, -0.25) is 0 Å². The summed E-state index contributed by atoms with van der Waals surface area (Å²) >= 11 is 0. The summed E-state index contributed by atoms with van der Waals surface area (Å²) < 4.78 is 5.22. The summed E-state index contributed by atoms with van der Waals surface area (Å²) in [7, 11) is 0. The Balaban J connectivity index is 0. The monoisotopic (exact) mass is 302 g/mol. The summed E-state index contributed by atoms with van der Waals surface area (Å²) in [6, 6.07) is 10.2. The maximum Gasteiger partial charge on any atom is 0.100 e. The van der Waals surface area contributed by atoms with E-state index < -0.39 is 6.10 Å². The second-order valence-electron chi connectivity index (χ2n) is 4.22. The zero-order valence-electron chi connectivity index (χ0n) is 13.1. The average molecular weight is 302 g/mol.